The van der Waals surface area contributed by atoms with E-state index >= 15 is 0 Å². The third-order valence-electron chi connectivity index (χ3n) is 3.66. The topological polar surface area (TPSA) is 73.9 Å². The van der Waals surface area contributed by atoms with E-state index in [9.17, 15) is 4.79 Å². The van der Waals surface area contributed by atoms with E-state index in [4.69, 9.17) is 15.3 Å². The first-order chi connectivity index (χ1) is 12.2. The number of benzene rings is 3. The highest BCUT2D eigenvalue weighted by Gasteiger charge is 2.09. The van der Waals surface area contributed by atoms with Gasteiger partial charge in [-0.15, -0.1) is 0 Å². The molecule has 0 saturated carbocycles. The van der Waals surface area contributed by atoms with Gasteiger partial charge in [-0.05, 0) is 59.7 Å². The van der Waals surface area contributed by atoms with Crippen LogP contribution in [0.5, 0.6) is 5.75 Å². The minimum atomic E-state index is -0.476. The molecule has 3 aromatic carbocycles. The summed E-state index contributed by atoms with van der Waals surface area (Å²) in [5.74, 6) is -0.0395. The largest absolute Gasteiger partial charge is 0.423 e. The fourth-order valence-electron chi connectivity index (χ4n) is 2.30. The third-order valence-corrected chi connectivity index (χ3v) is 3.66. The van der Waals surface area contributed by atoms with Crippen molar-refractivity contribution in [2.24, 2.45) is 0 Å². The number of nitrogens with zero attached hydrogens (tertiary/aromatic N) is 2. The van der Waals surface area contributed by atoms with Gasteiger partial charge < -0.3 is 4.74 Å². The van der Waals surface area contributed by atoms with Crippen LogP contribution in [-0.2, 0) is 0 Å². The Morgan fingerprint density at radius 2 is 1.12 bits per heavy atom. The lowest BCUT2D eigenvalue weighted by Crippen LogP contribution is -2.08. The highest BCUT2D eigenvalue weighted by molar-refractivity contribution is 5.91. The number of rotatable bonds is 3. The number of hydrogen-bond acceptors (Lipinski definition) is 4. The number of ether oxygens (including phenoxy) is 1. The van der Waals surface area contributed by atoms with Crippen LogP contribution in [0.2, 0.25) is 0 Å². The summed E-state index contributed by atoms with van der Waals surface area (Å²) in [4.78, 5) is 12.1. The van der Waals surface area contributed by atoms with Crippen LogP contribution >= 0.6 is 0 Å². The Morgan fingerprint density at radius 3 is 1.60 bits per heavy atom. The van der Waals surface area contributed by atoms with Gasteiger partial charge in [-0.25, -0.2) is 4.79 Å². The van der Waals surface area contributed by atoms with Crippen molar-refractivity contribution < 1.29 is 9.53 Å². The zero-order valence-corrected chi connectivity index (χ0v) is 13.1. The second-order valence-electron chi connectivity index (χ2n) is 5.29. The van der Waals surface area contributed by atoms with E-state index in [2.05, 4.69) is 6.07 Å². The van der Waals surface area contributed by atoms with Crippen LogP contribution in [0, 0.1) is 22.7 Å². The molecular formula is C21H12N2O2. The van der Waals surface area contributed by atoms with Crippen molar-refractivity contribution in [3.05, 3.63) is 89.5 Å². The van der Waals surface area contributed by atoms with Gasteiger partial charge in [0.25, 0.3) is 0 Å². The first-order valence-electron chi connectivity index (χ1n) is 7.52. The zero-order chi connectivity index (χ0) is 17.6. The normalized spacial score (nSPS) is 9.68. The van der Waals surface area contributed by atoms with E-state index in [1.54, 1.807) is 48.5 Å². The smallest absolute Gasteiger partial charge is 0.343 e. The maximum absolute atomic E-state index is 12.1. The standard InChI is InChI=1S/C21H12N2O2/c22-13-15-1-5-17(6-2-15)18-9-11-20(12-10-18)25-21(24)19-7-3-16(14-23)4-8-19/h1-12H. The zero-order valence-electron chi connectivity index (χ0n) is 13.1. The summed E-state index contributed by atoms with van der Waals surface area (Å²) in [7, 11) is 0. The monoisotopic (exact) mass is 324 g/mol. The van der Waals surface area contributed by atoms with E-state index in [-0.39, 0.29) is 0 Å². The molecule has 0 atom stereocenters. The van der Waals surface area contributed by atoms with Crippen LogP contribution in [-0.4, -0.2) is 5.97 Å². The van der Waals surface area contributed by atoms with Crippen LogP contribution in [0.1, 0.15) is 21.5 Å². The molecule has 25 heavy (non-hydrogen) atoms. The summed E-state index contributed by atoms with van der Waals surface area (Å²) in [5.41, 5.74) is 3.42. The maximum Gasteiger partial charge on any atom is 0.343 e. The van der Waals surface area contributed by atoms with Gasteiger partial charge in [0, 0.05) is 0 Å². The van der Waals surface area contributed by atoms with Gasteiger partial charge in [0.2, 0.25) is 0 Å². The van der Waals surface area contributed by atoms with Crippen LogP contribution in [0.3, 0.4) is 0 Å². The predicted molar refractivity (Wildman–Crippen MR) is 92.7 cm³/mol. The van der Waals surface area contributed by atoms with Crippen LogP contribution in [0.4, 0.5) is 0 Å². The fraction of sp³-hybridized carbons (Fsp3) is 0. The van der Waals surface area contributed by atoms with Crippen molar-refractivity contribution in [3.63, 3.8) is 0 Å². The summed E-state index contributed by atoms with van der Waals surface area (Å²) >= 11 is 0. The van der Waals surface area contributed by atoms with E-state index in [1.807, 2.05) is 30.3 Å². The molecule has 0 aliphatic rings. The number of hydrogen-bond donors (Lipinski definition) is 0. The highest BCUT2D eigenvalue weighted by Crippen LogP contribution is 2.23. The molecule has 0 saturated heterocycles. The Morgan fingerprint density at radius 1 is 0.680 bits per heavy atom. The first-order valence-corrected chi connectivity index (χ1v) is 7.52. The van der Waals surface area contributed by atoms with E-state index < -0.39 is 5.97 Å². The summed E-state index contributed by atoms with van der Waals surface area (Å²) in [6.45, 7) is 0. The van der Waals surface area contributed by atoms with Gasteiger partial charge in [-0.3, -0.25) is 0 Å². The van der Waals surface area contributed by atoms with Crippen molar-refractivity contribution in [2.45, 2.75) is 0 Å². The second kappa shape index (κ2) is 7.12. The molecule has 0 amide bonds. The van der Waals surface area contributed by atoms with Gasteiger partial charge >= 0.3 is 5.97 Å². The fourth-order valence-corrected chi connectivity index (χ4v) is 2.30. The van der Waals surface area contributed by atoms with E-state index in [0.29, 0.717) is 22.4 Å². The van der Waals surface area contributed by atoms with Gasteiger partial charge in [0.05, 0.1) is 28.8 Å². The quantitative estimate of drug-likeness (QED) is 0.531. The number of carbonyl (C=O) groups excluding carboxylic acids is 1. The Kier molecular flexibility index (Phi) is 4.55. The molecule has 0 N–H and O–H groups in total. The number of carbonyl (C=O) groups is 1. The minimum absolute atomic E-state index is 0.384. The molecule has 0 fully saturated rings. The van der Waals surface area contributed by atoms with Gasteiger partial charge in [-0.2, -0.15) is 10.5 Å². The molecule has 0 radical (unpaired) electrons. The predicted octanol–water partition coefficient (Wildman–Crippen LogP) is 4.32. The molecule has 0 aliphatic heterocycles. The molecule has 0 unspecified atom stereocenters. The number of nitriles is 2. The Balaban J connectivity index is 1.72. The lowest BCUT2D eigenvalue weighted by Gasteiger charge is -2.06. The van der Waals surface area contributed by atoms with Crippen LogP contribution in [0.25, 0.3) is 11.1 Å². The third kappa shape index (κ3) is 3.72. The van der Waals surface area contributed by atoms with Crippen molar-refractivity contribution in [1.29, 1.82) is 10.5 Å². The lowest BCUT2D eigenvalue weighted by atomic mass is 10.0. The summed E-state index contributed by atoms with van der Waals surface area (Å²) in [6, 6.07) is 24.8. The molecule has 3 rings (SSSR count). The van der Waals surface area contributed by atoms with Gasteiger partial charge in [0.15, 0.2) is 0 Å². The summed E-state index contributed by atoms with van der Waals surface area (Å²) < 4.78 is 5.34. The minimum Gasteiger partial charge on any atom is -0.423 e. The van der Waals surface area contributed by atoms with Crippen LogP contribution in [0.15, 0.2) is 72.8 Å². The molecular weight excluding hydrogens is 312 g/mol. The Bertz CT molecular complexity index is 975. The molecule has 3 aromatic rings. The lowest BCUT2D eigenvalue weighted by molar-refractivity contribution is 0.0735. The average molecular weight is 324 g/mol. The summed E-state index contributed by atoms with van der Waals surface area (Å²) in [5, 5.41) is 17.6. The average Bonchev–Trinajstić information content (AvgIpc) is 2.68. The molecule has 0 spiro atoms. The molecule has 118 valence electrons. The number of esters is 1. The van der Waals surface area contributed by atoms with Crippen molar-refractivity contribution in [2.75, 3.05) is 0 Å². The first kappa shape index (κ1) is 16.0. The van der Waals surface area contributed by atoms with E-state index in [1.165, 1.54) is 0 Å². The van der Waals surface area contributed by atoms with Crippen molar-refractivity contribution >= 4 is 5.97 Å². The molecule has 0 bridgehead atoms. The highest BCUT2D eigenvalue weighted by atomic mass is 16.5. The van der Waals surface area contributed by atoms with Gasteiger partial charge in [0.1, 0.15) is 5.75 Å². The second-order valence-corrected chi connectivity index (χ2v) is 5.29. The molecule has 4 nitrogen and oxygen atoms in total. The molecule has 4 heteroatoms. The van der Waals surface area contributed by atoms with Gasteiger partial charge in [-0.1, -0.05) is 24.3 Å². The maximum atomic E-state index is 12.1. The van der Waals surface area contributed by atoms with Crippen molar-refractivity contribution in [1.82, 2.24) is 0 Å². The Labute approximate surface area is 145 Å². The summed E-state index contributed by atoms with van der Waals surface area (Å²) in [6.07, 6.45) is 0. The molecule has 0 aromatic heterocycles. The molecule has 0 heterocycles. The van der Waals surface area contributed by atoms with Crippen LogP contribution < -0.4 is 4.74 Å². The Hall–Kier alpha value is -3.89. The van der Waals surface area contributed by atoms with Crippen molar-refractivity contribution in [3.8, 4) is 29.0 Å². The molecule has 0 aliphatic carbocycles. The van der Waals surface area contributed by atoms with E-state index in [0.717, 1.165) is 11.1 Å². The SMILES string of the molecule is N#Cc1ccc(C(=O)Oc2ccc(-c3ccc(C#N)cc3)cc2)cc1.